The maximum Gasteiger partial charge on any atom is 0.239 e. The van der Waals surface area contributed by atoms with Gasteiger partial charge < -0.3 is 15.8 Å². The lowest BCUT2D eigenvalue weighted by Gasteiger charge is -2.15. The molecule has 19 heavy (non-hydrogen) atoms. The van der Waals surface area contributed by atoms with Crippen molar-refractivity contribution in [2.24, 2.45) is 17.9 Å². The third-order valence-electron chi connectivity index (χ3n) is 2.60. The maximum absolute atomic E-state index is 11.6. The van der Waals surface area contributed by atoms with Crippen LogP contribution in [-0.2, 0) is 11.8 Å². The van der Waals surface area contributed by atoms with Crippen LogP contribution in [0, 0.1) is 6.92 Å². The molecule has 0 aliphatic heterocycles. The van der Waals surface area contributed by atoms with Crippen LogP contribution < -0.4 is 15.8 Å². The summed E-state index contributed by atoms with van der Waals surface area (Å²) in [6, 6.07) is -0.738. The highest BCUT2D eigenvalue weighted by molar-refractivity contribution is 5.82. The van der Waals surface area contributed by atoms with E-state index in [9.17, 15) is 4.79 Å². The number of ether oxygens (including phenoxy) is 1. The fourth-order valence-corrected chi connectivity index (χ4v) is 1.88. The number of nitrogens with zero attached hydrogens (tertiary/aromatic N) is 5. The highest BCUT2D eigenvalue weighted by Crippen LogP contribution is 2.27. The minimum atomic E-state index is -0.738. The van der Waals surface area contributed by atoms with Gasteiger partial charge in [0.15, 0.2) is 0 Å². The molecule has 1 rings (SSSR count). The summed E-state index contributed by atoms with van der Waals surface area (Å²) in [6.45, 7) is 2.32. The highest BCUT2D eigenvalue weighted by atomic mass is 16.5. The summed E-state index contributed by atoms with van der Waals surface area (Å²) in [4.78, 5) is 14.2. The van der Waals surface area contributed by atoms with Crippen molar-refractivity contribution < 1.29 is 9.53 Å². The van der Waals surface area contributed by atoms with Gasteiger partial charge in [0, 0.05) is 25.0 Å². The van der Waals surface area contributed by atoms with E-state index < -0.39 is 11.9 Å². The molecular formula is C10H17N7O2. The van der Waals surface area contributed by atoms with E-state index in [4.69, 9.17) is 16.0 Å². The quantitative estimate of drug-likeness (QED) is 0.315. The number of nitrogens with one attached hydrogen (secondary N) is 1. The van der Waals surface area contributed by atoms with Crippen LogP contribution in [0.1, 0.15) is 17.3 Å². The van der Waals surface area contributed by atoms with Crippen molar-refractivity contribution in [1.82, 2.24) is 15.1 Å². The smallest absolute Gasteiger partial charge is 0.239 e. The number of nitrogens with two attached hydrogens (primary N) is 1. The molecule has 0 spiro atoms. The van der Waals surface area contributed by atoms with Crippen LogP contribution in [0.2, 0.25) is 0 Å². The Labute approximate surface area is 110 Å². The number of hydrogen-bond donors (Lipinski definition) is 2. The number of carbonyl (C=O) groups excluding carboxylic acids is 1. The van der Waals surface area contributed by atoms with Crippen LogP contribution in [0.25, 0.3) is 10.4 Å². The van der Waals surface area contributed by atoms with Gasteiger partial charge in [-0.1, -0.05) is 5.11 Å². The fourth-order valence-electron chi connectivity index (χ4n) is 1.88. The molecule has 104 valence electrons. The average molecular weight is 267 g/mol. The first kappa shape index (κ1) is 14.8. The zero-order valence-electron chi connectivity index (χ0n) is 11.1. The molecule has 0 aliphatic carbocycles. The van der Waals surface area contributed by atoms with E-state index >= 15 is 0 Å². The Hall–Kier alpha value is -2.25. The van der Waals surface area contributed by atoms with E-state index in [0.717, 1.165) is 0 Å². The first-order valence-electron chi connectivity index (χ1n) is 5.64. The van der Waals surface area contributed by atoms with E-state index in [1.807, 2.05) is 0 Å². The molecule has 0 radical (unpaired) electrons. The van der Waals surface area contributed by atoms with Crippen LogP contribution in [-0.4, -0.2) is 35.9 Å². The lowest BCUT2D eigenvalue weighted by Crippen LogP contribution is -2.35. The van der Waals surface area contributed by atoms with Crippen molar-refractivity contribution in [3.05, 3.63) is 21.7 Å². The van der Waals surface area contributed by atoms with Crippen molar-refractivity contribution in [3.8, 4) is 5.88 Å². The molecule has 3 N–H and O–H groups in total. The number of hydrogen-bond acceptors (Lipinski definition) is 5. The molecule has 1 aromatic rings. The van der Waals surface area contributed by atoms with Gasteiger partial charge in [-0.3, -0.25) is 4.79 Å². The van der Waals surface area contributed by atoms with Crippen LogP contribution in [0.4, 0.5) is 0 Å². The second-order valence-electron chi connectivity index (χ2n) is 3.88. The van der Waals surface area contributed by atoms with E-state index in [-0.39, 0.29) is 6.54 Å². The molecule has 9 heteroatoms. The minimum Gasteiger partial charge on any atom is -0.481 e. The molecule has 0 saturated carbocycles. The molecule has 0 aromatic carbocycles. The number of primary amides is 1. The lowest BCUT2D eigenvalue weighted by molar-refractivity contribution is -0.120. The molecule has 0 aliphatic rings. The largest absolute Gasteiger partial charge is 0.481 e. The van der Waals surface area contributed by atoms with Crippen LogP contribution >= 0.6 is 0 Å². The number of methoxy groups -OCH3 is 1. The number of rotatable bonds is 7. The topological polar surface area (TPSA) is 131 Å². The van der Waals surface area contributed by atoms with Crippen LogP contribution in [0.15, 0.2) is 5.11 Å². The SMILES string of the molecule is COc1c(C(NCCN=[N+]=[N-])C(N)=O)c(C)nn1C. The van der Waals surface area contributed by atoms with Gasteiger partial charge in [0.1, 0.15) is 6.04 Å². The molecule has 0 fully saturated rings. The van der Waals surface area contributed by atoms with Gasteiger partial charge in [-0.05, 0) is 12.5 Å². The lowest BCUT2D eigenvalue weighted by atomic mass is 10.1. The van der Waals surface area contributed by atoms with Gasteiger partial charge in [0.25, 0.3) is 0 Å². The van der Waals surface area contributed by atoms with Gasteiger partial charge >= 0.3 is 0 Å². The standard InChI is InChI=1S/C10H17N7O2/c1-6-7(10(19-3)17(2)15-6)8(9(11)18)13-4-5-14-16-12/h8,13H,4-5H2,1-3H3,(H2,11,18). The van der Waals surface area contributed by atoms with Gasteiger partial charge in [0.05, 0.1) is 18.4 Å². The Kier molecular flexibility index (Phi) is 5.16. The van der Waals surface area contributed by atoms with E-state index in [1.165, 1.54) is 11.8 Å². The second kappa shape index (κ2) is 6.62. The van der Waals surface area contributed by atoms with Crippen molar-refractivity contribution in [2.75, 3.05) is 20.2 Å². The number of aromatic nitrogens is 2. The van der Waals surface area contributed by atoms with E-state index in [0.29, 0.717) is 23.7 Å². The average Bonchev–Trinajstić information content (AvgIpc) is 2.63. The predicted octanol–water partition coefficient (Wildman–Crippen LogP) is 0.163. The van der Waals surface area contributed by atoms with Crippen molar-refractivity contribution >= 4 is 5.91 Å². The van der Waals surface area contributed by atoms with Gasteiger partial charge in [-0.2, -0.15) is 5.10 Å². The third kappa shape index (κ3) is 3.36. The molecule has 1 aromatic heterocycles. The Morgan fingerprint density at radius 1 is 1.74 bits per heavy atom. The maximum atomic E-state index is 11.6. The van der Waals surface area contributed by atoms with Gasteiger partial charge in [-0.15, -0.1) is 0 Å². The van der Waals surface area contributed by atoms with Gasteiger partial charge in [0.2, 0.25) is 11.8 Å². The van der Waals surface area contributed by atoms with Crippen molar-refractivity contribution in [3.63, 3.8) is 0 Å². The summed E-state index contributed by atoms with van der Waals surface area (Å²) in [5.41, 5.74) is 14.8. The summed E-state index contributed by atoms with van der Waals surface area (Å²) in [5, 5.41) is 10.5. The van der Waals surface area contributed by atoms with Crippen LogP contribution in [0.5, 0.6) is 5.88 Å². The fraction of sp³-hybridized carbons (Fsp3) is 0.600. The number of aryl methyl sites for hydroxylation is 2. The summed E-state index contributed by atoms with van der Waals surface area (Å²) in [7, 11) is 3.21. The molecule has 1 heterocycles. The van der Waals surface area contributed by atoms with E-state index in [2.05, 4.69) is 20.4 Å². The highest BCUT2D eigenvalue weighted by Gasteiger charge is 2.26. The first-order chi connectivity index (χ1) is 9.02. The molecule has 1 amide bonds. The normalized spacial score (nSPS) is 11.7. The summed E-state index contributed by atoms with van der Waals surface area (Å²) >= 11 is 0. The summed E-state index contributed by atoms with van der Waals surface area (Å²) < 4.78 is 6.76. The first-order valence-corrected chi connectivity index (χ1v) is 5.64. The zero-order valence-corrected chi connectivity index (χ0v) is 11.1. The second-order valence-corrected chi connectivity index (χ2v) is 3.88. The van der Waals surface area contributed by atoms with E-state index in [1.54, 1.807) is 14.0 Å². The Bertz CT molecular complexity index is 504. The molecular weight excluding hydrogens is 250 g/mol. The molecule has 9 nitrogen and oxygen atoms in total. The number of azide groups is 1. The molecule has 0 bridgehead atoms. The Morgan fingerprint density at radius 2 is 2.42 bits per heavy atom. The van der Waals surface area contributed by atoms with Crippen molar-refractivity contribution in [1.29, 1.82) is 0 Å². The van der Waals surface area contributed by atoms with Crippen LogP contribution in [0.3, 0.4) is 0 Å². The third-order valence-corrected chi connectivity index (χ3v) is 2.60. The number of carbonyl (C=O) groups is 1. The van der Waals surface area contributed by atoms with Crippen molar-refractivity contribution in [2.45, 2.75) is 13.0 Å². The monoisotopic (exact) mass is 267 g/mol. The summed E-state index contributed by atoms with van der Waals surface area (Å²) in [6.07, 6.45) is 0. The number of amides is 1. The molecule has 1 unspecified atom stereocenters. The molecule has 1 atom stereocenters. The molecule has 0 saturated heterocycles. The van der Waals surface area contributed by atoms with Gasteiger partial charge in [-0.25, -0.2) is 4.68 Å². The minimum absolute atomic E-state index is 0.224. The predicted molar refractivity (Wildman–Crippen MR) is 68.4 cm³/mol. The summed E-state index contributed by atoms with van der Waals surface area (Å²) in [5.74, 6) is -0.0760. The zero-order chi connectivity index (χ0) is 14.4. The Balaban J connectivity index is 2.99. The Morgan fingerprint density at radius 3 is 2.95 bits per heavy atom.